The zero-order valence-electron chi connectivity index (χ0n) is 19.5. The maximum Gasteiger partial charge on any atom is 0.229 e. The summed E-state index contributed by atoms with van der Waals surface area (Å²) in [7, 11) is 1.98. The van der Waals surface area contributed by atoms with Crippen LogP contribution >= 0.6 is 11.8 Å². The monoisotopic (exact) mass is 453 g/mol. The second-order valence-corrected chi connectivity index (χ2v) is 10.0. The number of hydrogen-bond donors (Lipinski definition) is 1. The van der Waals surface area contributed by atoms with Gasteiger partial charge in [0, 0.05) is 44.1 Å². The number of hydrogen-bond acceptors (Lipinski definition) is 6. The van der Waals surface area contributed by atoms with E-state index in [4.69, 9.17) is 5.10 Å². The molecule has 2 fully saturated rings. The number of carbonyl (C=O) groups excluding carboxylic acids is 1. The Labute approximate surface area is 196 Å². The van der Waals surface area contributed by atoms with Crippen LogP contribution < -0.4 is 5.32 Å². The van der Waals surface area contributed by atoms with Crippen LogP contribution in [0.25, 0.3) is 5.70 Å². The average molecular weight is 454 g/mol. The van der Waals surface area contributed by atoms with E-state index in [2.05, 4.69) is 66.6 Å². The zero-order valence-corrected chi connectivity index (χ0v) is 20.3. The van der Waals surface area contributed by atoms with Crippen molar-refractivity contribution < 1.29 is 4.79 Å². The van der Waals surface area contributed by atoms with Crippen LogP contribution in [0.2, 0.25) is 0 Å². The Bertz CT molecular complexity index is 884. The van der Waals surface area contributed by atoms with E-state index in [1.807, 2.05) is 28.7 Å². The topological polar surface area (TPSA) is 51.2 Å². The lowest BCUT2D eigenvalue weighted by Crippen LogP contribution is -2.45. The zero-order chi connectivity index (χ0) is 22.5. The molecule has 1 saturated heterocycles. The summed E-state index contributed by atoms with van der Waals surface area (Å²) in [6.07, 6.45) is 9.50. The van der Waals surface area contributed by atoms with Gasteiger partial charge >= 0.3 is 0 Å². The lowest BCUT2D eigenvalue weighted by atomic mass is 10.1. The van der Waals surface area contributed by atoms with E-state index in [1.54, 1.807) is 0 Å². The van der Waals surface area contributed by atoms with Crippen LogP contribution in [0.1, 0.15) is 44.2 Å². The second-order valence-electron chi connectivity index (χ2n) is 8.79. The van der Waals surface area contributed by atoms with Crippen molar-refractivity contribution in [3.63, 3.8) is 0 Å². The third-order valence-electron chi connectivity index (χ3n) is 5.91. The number of amides is 1. The Kier molecular flexibility index (Phi) is 7.58. The number of guanidine groups is 1. The first-order valence-corrected chi connectivity index (χ1v) is 13.0. The summed E-state index contributed by atoms with van der Waals surface area (Å²) >= 11 is 2.04. The van der Waals surface area contributed by atoms with Gasteiger partial charge in [-0.2, -0.15) is 11.8 Å². The molecule has 5 rings (SSSR count). The predicted octanol–water partition coefficient (Wildman–Crippen LogP) is 3.93. The molecule has 1 unspecified atom stereocenters. The summed E-state index contributed by atoms with van der Waals surface area (Å²) in [5, 5.41) is 9.73. The molecule has 1 aliphatic carbocycles. The van der Waals surface area contributed by atoms with E-state index in [1.165, 1.54) is 36.6 Å². The molecule has 4 aliphatic rings. The standard InChI is InChI=1S/C22H27N5OS.C3H8/c1-25-20-4-2-3-19(27(20)24-22(25)23-21(28)18-9-10-18)17-7-5-16(6-8-17)15-26-11-13-29-14-12-26;1-3-2/h2-8,18,20H,9-15H2,1H3,(H,23,24,28);3H2,1-2H3. The van der Waals surface area contributed by atoms with E-state index in [0.29, 0.717) is 5.96 Å². The fourth-order valence-corrected chi connectivity index (χ4v) is 4.93. The SMILES string of the molecule is CCC.CN1C(NC(=O)C2CC2)=NN2C(c3ccc(CN4CCSCC4)cc3)=CC=CC12. The van der Waals surface area contributed by atoms with E-state index in [-0.39, 0.29) is 18.0 Å². The number of nitrogens with one attached hydrogen (secondary N) is 1. The number of benzene rings is 1. The summed E-state index contributed by atoms with van der Waals surface area (Å²) in [5.41, 5.74) is 3.55. The van der Waals surface area contributed by atoms with Gasteiger partial charge in [-0.15, -0.1) is 5.10 Å². The van der Waals surface area contributed by atoms with Crippen molar-refractivity contribution in [3.8, 4) is 0 Å². The van der Waals surface area contributed by atoms with Gasteiger partial charge in [0.2, 0.25) is 11.9 Å². The van der Waals surface area contributed by atoms with Crippen LogP contribution in [0.4, 0.5) is 0 Å². The van der Waals surface area contributed by atoms with Crippen LogP contribution in [-0.4, -0.2) is 64.5 Å². The van der Waals surface area contributed by atoms with Crippen LogP contribution in [0.15, 0.2) is 47.6 Å². The van der Waals surface area contributed by atoms with Gasteiger partial charge in [0.05, 0.1) is 5.70 Å². The predicted molar refractivity (Wildman–Crippen MR) is 134 cm³/mol. The van der Waals surface area contributed by atoms with E-state index < -0.39 is 0 Å². The number of fused-ring (bicyclic) bond motifs is 1. The molecular formula is C25H35N5OS. The summed E-state index contributed by atoms with van der Waals surface area (Å²) < 4.78 is 0. The molecule has 7 heteroatoms. The molecular weight excluding hydrogens is 418 g/mol. The largest absolute Gasteiger partial charge is 0.318 e. The van der Waals surface area contributed by atoms with E-state index in [9.17, 15) is 4.79 Å². The molecule has 0 radical (unpaired) electrons. The van der Waals surface area contributed by atoms with Crippen molar-refractivity contribution in [1.29, 1.82) is 0 Å². The molecule has 0 aromatic heterocycles. The van der Waals surface area contributed by atoms with Crippen molar-refractivity contribution in [2.24, 2.45) is 11.0 Å². The minimum absolute atomic E-state index is 0.00460. The van der Waals surface area contributed by atoms with Crippen molar-refractivity contribution in [2.45, 2.75) is 45.8 Å². The molecule has 1 aromatic rings. The van der Waals surface area contributed by atoms with Gasteiger partial charge in [0.25, 0.3) is 0 Å². The first-order valence-electron chi connectivity index (χ1n) is 11.8. The highest BCUT2D eigenvalue weighted by Crippen LogP contribution is 2.32. The average Bonchev–Trinajstić information content (AvgIpc) is 3.61. The molecule has 1 amide bonds. The van der Waals surface area contributed by atoms with Gasteiger partial charge in [-0.05, 0) is 36.1 Å². The molecule has 172 valence electrons. The van der Waals surface area contributed by atoms with Crippen LogP contribution in [0.5, 0.6) is 0 Å². The Morgan fingerprint density at radius 3 is 2.50 bits per heavy atom. The fourth-order valence-electron chi connectivity index (χ4n) is 3.95. The summed E-state index contributed by atoms with van der Waals surface area (Å²) in [6.45, 7) is 7.62. The lowest BCUT2D eigenvalue weighted by Gasteiger charge is -2.30. The van der Waals surface area contributed by atoms with Gasteiger partial charge in [-0.1, -0.05) is 50.6 Å². The molecule has 3 aliphatic heterocycles. The molecule has 1 aromatic carbocycles. The number of hydrazone groups is 1. The summed E-state index contributed by atoms with van der Waals surface area (Å²) in [5.74, 6) is 3.35. The Hall–Kier alpha value is -2.25. The third-order valence-corrected chi connectivity index (χ3v) is 6.85. The molecule has 1 saturated carbocycles. The lowest BCUT2D eigenvalue weighted by molar-refractivity contribution is -0.121. The maximum atomic E-state index is 12.2. The minimum Gasteiger partial charge on any atom is -0.318 e. The molecule has 0 bridgehead atoms. The van der Waals surface area contributed by atoms with Crippen molar-refractivity contribution >= 4 is 29.3 Å². The van der Waals surface area contributed by atoms with Crippen LogP contribution in [-0.2, 0) is 11.3 Å². The molecule has 3 heterocycles. The van der Waals surface area contributed by atoms with Crippen LogP contribution in [0, 0.1) is 5.92 Å². The number of likely N-dealkylation sites (N-methyl/N-ethyl adjacent to an activating group) is 1. The molecule has 1 atom stereocenters. The Balaban J connectivity index is 0.000000775. The molecule has 6 nitrogen and oxygen atoms in total. The second kappa shape index (κ2) is 10.6. The van der Waals surface area contributed by atoms with Gasteiger partial charge in [0.15, 0.2) is 0 Å². The van der Waals surface area contributed by atoms with E-state index in [0.717, 1.165) is 30.6 Å². The van der Waals surface area contributed by atoms with Gasteiger partial charge in [0.1, 0.15) is 6.17 Å². The summed E-state index contributed by atoms with van der Waals surface area (Å²) in [4.78, 5) is 16.7. The number of nitrogens with zero attached hydrogens (tertiary/aromatic N) is 4. The Morgan fingerprint density at radius 1 is 1.16 bits per heavy atom. The molecule has 1 N–H and O–H groups in total. The minimum atomic E-state index is -0.00460. The third kappa shape index (κ3) is 5.38. The summed E-state index contributed by atoms with van der Waals surface area (Å²) in [6, 6.07) is 8.83. The number of rotatable bonds is 4. The first-order chi connectivity index (χ1) is 15.6. The molecule has 0 spiro atoms. The quantitative estimate of drug-likeness (QED) is 0.749. The maximum absolute atomic E-state index is 12.2. The highest BCUT2D eigenvalue weighted by molar-refractivity contribution is 7.99. The highest BCUT2D eigenvalue weighted by atomic mass is 32.2. The van der Waals surface area contributed by atoms with Gasteiger partial charge in [-0.25, -0.2) is 5.01 Å². The first kappa shape index (κ1) is 22.9. The van der Waals surface area contributed by atoms with Gasteiger partial charge < -0.3 is 4.90 Å². The number of allylic oxidation sites excluding steroid dienone is 2. The normalized spacial score (nSPS) is 22.5. The smallest absolute Gasteiger partial charge is 0.229 e. The van der Waals surface area contributed by atoms with Crippen LogP contribution in [0.3, 0.4) is 0 Å². The Morgan fingerprint density at radius 2 is 1.84 bits per heavy atom. The number of carbonyl (C=O) groups is 1. The fraction of sp³-hybridized carbons (Fsp3) is 0.520. The van der Waals surface area contributed by atoms with Crippen molar-refractivity contribution in [3.05, 3.63) is 53.6 Å². The molecule has 32 heavy (non-hydrogen) atoms. The number of thioether (sulfide) groups is 1. The van der Waals surface area contributed by atoms with Crippen molar-refractivity contribution in [1.82, 2.24) is 20.1 Å². The van der Waals surface area contributed by atoms with E-state index >= 15 is 0 Å². The van der Waals surface area contributed by atoms with Crippen molar-refractivity contribution in [2.75, 3.05) is 31.6 Å². The van der Waals surface area contributed by atoms with Gasteiger partial charge in [-0.3, -0.25) is 15.0 Å². The highest BCUT2D eigenvalue weighted by Gasteiger charge is 2.37.